The van der Waals surface area contributed by atoms with Crippen molar-refractivity contribution in [1.82, 2.24) is 20.5 Å². The van der Waals surface area contributed by atoms with Crippen LogP contribution in [0, 0.1) is 5.92 Å². The third-order valence-corrected chi connectivity index (χ3v) is 5.60. The topological polar surface area (TPSA) is 61.8 Å². The van der Waals surface area contributed by atoms with Crippen LogP contribution < -0.4 is 10.6 Å². The molecule has 1 atom stereocenters. The van der Waals surface area contributed by atoms with E-state index in [2.05, 4.69) is 53.8 Å². The van der Waals surface area contributed by atoms with Gasteiger partial charge in [0.1, 0.15) is 5.01 Å². The molecule has 166 valence electrons. The molecule has 1 unspecified atom stereocenters. The summed E-state index contributed by atoms with van der Waals surface area (Å²) in [7, 11) is 0. The van der Waals surface area contributed by atoms with E-state index in [9.17, 15) is 0 Å². The van der Waals surface area contributed by atoms with Crippen molar-refractivity contribution in [3.63, 3.8) is 0 Å². The highest BCUT2D eigenvalue weighted by Crippen LogP contribution is 2.23. The highest BCUT2D eigenvalue weighted by Gasteiger charge is 2.21. The van der Waals surface area contributed by atoms with E-state index in [0.29, 0.717) is 12.5 Å². The molecule has 1 aliphatic rings. The molecule has 6 nitrogen and oxygen atoms in total. The number of nitrogens with zero attached hydrogens (tertiary/aromatic N) is 3. The van der Waals surface area contributed by atoms with E-state index < -0.39 is 0 Å². The number of thiazole rings is 1. The summed E-state index contributed by atoms with van der Waals surface area (Å²) in [5.74, 6) is 1.49. The van der Waals surface area contributed by atoms with E-state index >= 15 is 0 Å². The Bertz CT molecular complexity index is 768. The predicted molar refractivity (Wildman–Crippen MR) is 137 cm³/mol. The Hall–Kier alpha value is -1.23. The van der Waals surface area contributed by atoms with Crippen LogP contribution >= 0.6 is 35.3 Å². The van der Waals surface area contributed by atoms with E-state index in [1.165, 1.54) is 0 Å². The Balaban J connectivity index is 0.00000320. The maximum atomic E-state index is 5.94. The second-order valence-electron chi connectivity index (χ2n) is 7.73. The number of rotatable bonds is 8. The van der Waals surface area contributed by atoms with Gasteiger partial charge in [-0.05, 0) is 12.8 Å². The van der Waals surface area contributed by atoms with Crippen molar-refractivity contribution in [2.24, 2.45) is 10.9 Å². The summed E-state index contributed by atoms with van der Waals surface area (Å²) in [6, 6.07) is 10.3. The predicted octanol–water partition coefficient (Wildman–Crippen LogP) is 3.84. The first-order valence-corrected chi connectivity index (χ1v) is 11.4. The maximum Gasteiger partial charge on any atom is 0.191 e. The smallest absolute Gasteiger partial charge is 0.191 e. The normalized spacial score (nSPS) is 17.6. The molecule has 0 saturated carbocycles. The van der Waals surface area contributed by atoms with Crippen molar-refractivity contribution in [2.75, 3.05) is 39.3 Å². The fraction of sp³-hybridized carbons (Fsp3) is 0.545. The first kappa shape index (κ1) is 25.0. The Morgan fingerprint density at radius 2 is 2.10 bits per heavy atom. The van der Waals surface area contributed by atoms with Crippen molar-refractivity contribution in [2.45, 2.75) is 33.4 Å². The quantitative estimate of drug-likeness (QED) is 0.301. The summed E-state index contributed by atoms with van der Waals surface area (Å²) >= 11 is 1.66. The first-order chi connectivity index (χ1) is 14.1. The molecule has 1 fully saturated rings. The molecular formula is C22H34IN5OS. The van der Waals surface area contributed by atoms with E-state index in [-0.39, 0.29) is 30.1 Å². The van der Waals surface area contributed by atoms with Gasteiger partial charge in [-0.25, -0.2) is 9.98 Å². The van der Waals surface area contributed by atoms with Gasteiger partial charge in [0.15, 0.2) is 5.96 Å². The lowest BCUT2D eigenvalue weighted by Crippen LogP contribution is -2.50. The van der Waals surface area contributed by atoms with Gasteiger partial charge < -0.3 is 15.4 Å². The van der Waals surface area contributed by atoms with Crippen LogP contribution in [0.15, 0.2) is 40.7 Å². The van der Waals surface area contributed by atoms with Gasteiger partial charge in [-0.15, -0.1) is 35.3 Å². The molecule has 2 aromatic rings. The Labute approximate surface area is 201 Å². The zero-order valence-corrected chi connectivity index (χ0v) is 21.3. The van der Waals surface area contributed by atoms with E-state index in [1.54, 1.807) is 11.3 Å². The molecule has 8 heteroatoms. The molecule has 1 aliphatic heterocycles. The van der Waals surface area contributed by atoms with Crippen molar-refractivity contribution < 1.29 is 4.74 Å². The highest BCUT2D eigenvalue weighted by atomic mass is 127. The molecule has 1 aromatic carbocycles. The van der Waals surface area contributed by atoms with Crippen molar-refractivity contribution in [1.29, 1.82) is 0 Å². The summed E-state index contributed by atoms with van der Waals surface area (Å²) in [5, 5.41) is 9.88. The minimum absolute atomic E-state index is 0. The third kappa shape index (κ3) is 8.13. The average molecular weight is 544 g/mol. The van der Waals surface area contributed by atoms with Crippen molar-refractivity contribution in [3.8, 4) is 10.6 Å². The van der Waals surface area contributed by atoms with Gasteiger partial charge in [-0.1, -0.05) is 44.2 Å². The number of nitrogens with one attached hydrogen (secondary N) is 2. The molecular weight excluding hydrogens is 509 g/mol. The van der Waals surface area contributed by atoms with Gasteiger partial charge in [0.25, 0.3) is 0 Å². The lowest BCUT2D eigenvalue weighted by atomic mass is 10.2. The van der Waals surface area contributed by atoms with Crippen LogP contribution in [0.1, 0.15) is 26.5 Å². The van der Waals surface area contributed by atoms with Gasteiger partial charge in [-0.2, -0.15) is 0 Å². The molecule has 0 radical (unpaired) electrons. The maximum absolute atomic E-state index is 5.94. The molecule has 3 rings (SSSR count). The molecule has 2 N–H and O–H groups in total. The van der Waals surface area contributed by atoms with Crippen molar-refractivity contribution >= 4 is 41.3 Å². The zero-order valence-electron chi connectivity index (χ0n) is 18.1. The minimum Gasteiger partial charge on any atom is -0.374 e. The number of aliphatic imine (C=N–C) groups is 1. The number of halogens is 1. The number of benzene rings is 1. The molecule has 0 bridgehead atoms. The summed E-state index contributed by atoms with van der Waals surface area (Å²) in [4.78, 5) is 11.9. The fourth-order valence-corrected chi connectivity index (χ4v) is 4.21. The molecule has 2 heterocycles. The van der Waals surface area contributed by atoms with Crippen LogP contribution in [0.25, 0.3) is 10.6 Å². The lowest BCUT2D eigenvalue weighted by Gasteiger charge is -2.34. The number of aromatic nitrogens is 1. The zero-order chi connectivity index (χ0) is 20.5. The Kier molecular flexibility index (Phi) is 11.0. The molecule has 0 spiro atoms. The van der Waals surface area contributed by atoms with Crippen LogP contribution in [0.5, 0.6) is 0 Å². The first-order valence-electron chi connectivity index (χ1n) is 10.5. The minimum atomic E-state index is 0. The van der Waals surface area contributed by atoms with Gasteiger partial charge in [0.2, 0.25) is 0 Å². The SMILES string of the molecule is CCNC(=NCc1csc(-c2ccccc2)n1)NCC1CN(CC(C)C)CCO1.I. The van der Waals surface area contributed by atoms with Gasteiger partial charge >= 0.3 is 0 Å². The van der Waals surface area contributed by atoms with Crippen LogP contribution in [-0.4, -0.2) is 61.3 Å². The standard InChI is InChI=1S/C22H33N5OS.HI/c1-4-23-22(25-13-20-15-27(10-11-28-20)14-17(2)3)24-12-19-16-29-21(26-19)18-8-6-5-7-9-18;/h5-9,16-17,20H,4,10-15H2,1-3H3,(H2,23,24,25);1H. The van der Waals surface area contributed by atoms with Gasteiger partial charge in [0, 0.05) is 43.7 Å². The lowest BCUT2D eigenvalue weighted by molar-refractivity contribution is -0.0284. The van der Waals surface area contributed by atoms with Crippen LogP contribution in [0.2, 0.25) is 0 Å². The summed E-state index contributed by atoms with van der Waals surface area (Å²) in [6.45, 7) is 12.7. The van der Waals surface area contributed by atoms with Crippen LogP contribution in [0.4, 0.5) is 0 Å². The van der Waals surface area contributed by atoms with E-state index in [0.717, 1.165) is 61.6 Å². The number of ether oxygens (including phenoxy) is 1. The molecule has 0 aliphatic carbocycles. The van der Waals surface area contributed by atoms with Crippen LogP contribution in [0.3, 0.4) is 0 Å². The summed E-state index contributed by atoms with van der Waals surface area (Å²) in [5.41, 5.74) is 2.14. The second-order valence-corrected chi connectivity index (χ2v) is 8.59. The van der Waals surface area contributed by atoms with E-state index in [1.807, 2.05) is 18.2 Å². The Morgan fingerprint density at radius 1 is 1.30 bits per heavy atom. The number of hydrogen-bond donors (Lipinski definition) is 2. The van der Waals surface area contributed by atoms with Gasteiger partial charge in [0.05, 0.1) is 24.9 Å². The molecule has 1 aromatic heterocycles. The average Bonchev–Trinajstić information content (AvgIpc) is 3.20. The number of morpholine rings is 1. The molecule has 30 heavy (non-hydrogen) atoms. The molecule has 0 amide bonds. The van der Waals surface area contributed by atoms with E-state index in [4.69, 9.17) is 14.7 Å². The fourth-order valence-electron chi connectivity index (χ4n) is 3.39. The monoisotopic (exact) mass is 543 g/mol. The number of hydrogen-bond acceptors (Lipinski definition) is 5. The van der Waals surface area contributed by atoms with Gasteiger partial charge in [-0.3, -0.25) is 4.90 Å². The number of guanidine groups is 1. The van der Waals surface area contributed by atoms with Crippen molar-refractivity contribution in [3.05, 3.63) is 41.4 Å². The summed E-state index contributed by atoms with van der Waals surface area (Å²) < 4.78 is 5.94. The largest absolute Gasteiger partial charge is 0.374 e. The highest BCUT2D eigenvalue weighted by molar-refractivity contribution is 14.0. The Morgan fingerprint density at radius 3 is 2.83 bits per heavy atom. The summed E-state index contributed by atoms with van der Waals surface area (Å²) in [6.07, 6.45) is 0.190. The second kappa shape index (κ2) is 13.2. The third-order valence-electron chi connectivity index (χ3n) is 4.66. The molecule has 1 saturated heterocycles. The van der Waals surface area contributed by atoms with Crippen LogP contribution in [-0.2, 0) is 11.3 Å².